The molecule has 2 aromatic carbocycles. The molecule has 2 aromatic heterocycles. The van der Waals surface area contributed by atoms with Crippen LogP contribution in [0.25, 0.3) is 5.78 Å². The maximum atomic E-state index is 13.2. The van der Waals surface area contributed by atoms with Gasteiger partial charge in [0.15, 0.2) is 0 Å². The molecule has 1 aliphatic rings. The predicted octanol–water partition coefficient (Wildman–Crippen LogP) is 2.31. The Bertz CT molecular complexity index is 1570. The smallest absolute Gasteiger partial charge is 0.336 e. The third kappa shape index (κ3) is 5.07. The number of esters is 2. The molecule has 0 aliphatic carbocycles. The fraction of sp³-hybridized carbons (Fsp3) is 0.269. The first-order chi connectivity index (χ1) is 17.8. The van der Waals surface area contributed by atoms with Crippen LogP contribution in [0.15, 0.2) is 70.5 Å². The Morgan fingerprint density at radius 2 is 1.59 bits per heavy atom. The molecule has 1 fully saturated rings. The van der Waals surface area contributed by atoms with Crippen molar-refractivity contribution in [2.75, 3.05) is 0 Å². The topological polar surface area (TPSA) is 134 Å². The van der Waals surface area contributed by atoms with Crippen LogP contribution in [-0.2, 0) is 14.3 Å². The summed E-state index contributed by atoms with van der Waals surface area (Å²) in [6, 6.07) is 13.9. The minimum absolute atomic E-state index is 0.0155. The van der Waals surface area contributed by atoms with Crippen molar-refractivity contribution in [2.45, 2.75) is 39.0 Å². The van der Waals surface area contributed by atoms with E-state index in [-0.39, 0.29) is 18.6 Å². The van der Waals surface area contributed by atoms with Gasteiger partial charge in [0.2, 0.25) is 5.78 Å². The van der Waals surface area contributed by atoms with Gasteiger partial charge in [0, 0.05) is 18.8 Å². The highest BCUT2D eigenvalue weighted by Crippen LogP contribution is 2.36. The van der Waals surface area contributed by atoms with Crippen molar-refractivity contribution in [2.24, 2.45) is 5.92 Å². The maximum Gasteiger partial charge on any atom is 0.336 e. The molecule has 0 saturated carbocycles. The van der Waals surface area contributed by atoms with Crippen LogP contribution < -0.4 is 20.9 Å². The van der Waals surface area contributed by atoms with Crippen molar-refractivity contribution in [1.29, 1.82) is 0 Å². The lowest BCUT2D eigenvalue weighted by atomic mass is 9.98. The number of aromatic nitrogens is 4. The summed E-state index contributed by atoms with van der Waals surface area (Å²) in [6.07, 6.45) is 0.590. The fourth-order valence-electron chi connectivity index (χ4n) is 4.26. The number of hydrogen-bond donors (Lipinski definition) is 1. The first kappa shape index (κ1) is 24.2. The average molecular weight is 504 g/mol. The number of carbonyl (C=O) groups is 2. The number of rotatable bonds is 6. The quantitative estimate of drug-likeness (QED) is 0.312. The van der Waals surface area contributed by atoms with Gasteiger partial charge < -0.3 is 14.2 Å². The molecule has 0 amide bonds. The molecule has 0 radical (unpaired) electrons. The molecule has 3 heterocycles. The number of fused-ring (bicyclic) bond motifs is 1. The molecule has 5 rings (SSSR count). The zero-order valence-electron chi connectivity index (χ0n) is 20.1. The zero-order chi connectivity index (χ0) is 26.1. The average Bonchev–Trinajstić information content (AvgIpc) is 3.50. The monoisotopic (exact) mass is 504 g/mol. The summed E-state index contributed by atoms with van der Waals surface area (Å²) in [5.41, 5.74) is 0.613. The van der Waals surface area contributed by atoms with Gasteiger partial charge in [-0.25, -0.2) is 23.5 Å². The molecule has 0 bridgehead atoms. The molecular weight excluding hydrogens is 480 g/mol. The highest BCUT2D eigenvalue weighted by Gasteiger charge is 2.44. The molecule has 0 spiro atoms. The van der Waals surface area contributed by atoms with E-state index in [0.29, 0.717) is 11.5 Å². The van der Waals surface area contributed by atoms with E-state index >= 15 is 0 Å². The first-order valence-corrected chi connectivity index (χ1v) is 11.7. The molecular formula is C26H24N4O7. The summed E-state index contributed by atoms with van der Waals surface area (Å²) in [7, 11) is 0. The standard InChI is InChI=1S/C26H24N4O7/c1-15-3-7-17(8-4-15)35-22(31)14-20-19(23(32)36-18-9-5-16(2)6-10-18)13-21(37-20)30-24-27-11-12-29(24)25(33)28-26(30)34/h3-12,19-21H,13-14H2,1-2H3,(H,28,33,34)/t19-,20+,21+/m0/s1. The molecule has 1 aliphatic heterocycles. The summed E-state index contributed by atoms with van der Waals surface area (Å²) in [6.45, 7) is 3.83. The van der Waals surface area contributed by atoms with E-state index in [1.165, 1.54) is 12.4 Å². The van der Waals surface area contributed by atoms with E-state index in [1.54, 1.807) is 24.3 Å². The van der Waals surface area contributed by atoms with Crippen molar-refractivity contribution >= 4 is 17.7 Å². The number of nitrogens with one attached hydrogen (secondary N) is 1. The van der Waals surface area contributed by atoms with E-state index in [9.17, 15) is 19.2 Å². The minimum atomic E-state index is -0.984. The lowest BCUT2D eigenvalue weighted by molar-refractivity contribution is -0.144. The number of aromatic amines is 1. The number of benzene rings is 2. The van der Waals surface area contributed by atoms with E-state index in [4.69, 9.17) is 14.2 Å². The van der Waals surface area contributed by atoms with Crippen molar-refractivity contribution in [3.63, 3.8) is 0 Å². The Morgan fingerprint density at radius 3 is 2.24 bits per heavy atom. The number of hydrogen-bond acceptors (Lipinski definition) is 8. The summed E-state index contributed by atoms with van der Waals surface area (Å²) < 4.78 is 19.3. The number of H-pyrrole nitrogens is 1. The van der Waals surface area contributed by atoms with Gasteiger partial charge in [-0.2, -0.15) is 0 Å². The van der Waals surface area contributed by atoms with E-state index < -0.39 is 41.6 Å². The molecule has 11 nitrogen and oxygen atoms in total. The third-order valence-electron chi connectivity index (χ3n) is 6.18. The van der Waals surface area contributed by atoms with Crippen LogP contribution in [0.1, 0.15) is 30.2 Å². The SMILES string of the molecule is Cc1ccc(OC(=O)C[C@H]2O[C@@H](n3c(=O)[nH]c(=O)n4ccnc34)C[C@@H]2C(=O)Oc2ccc(C)cc2)cc1. The summed E-state index contributed by atoms with van der Waals surface area (Å²) in [5.74, 6) is -1.37. The first-order valence-electron chi connectivity index (χ1n) is 11.7. The van der Waals surface area contributed by atoms with E-state index in [2.05, 4.69) is 9.97 Å². The second-order valence-electron chi connectivity index (χ2n) is 8.90. The van der Waals surface area contributed by atoms with Gasteiger partial charge in [-0.1, -0.05) is 35.4 Å². The highest BCUT2D eigenvalue weighted by molar-refractivity contribution is 5.78. The molecule has 190 valence electrons. The van der Waals surface area contributed by atoms with Gasteiger partial charge in [-0.3, -0.25) is 14.6 Å². The fourth-order valence-corrected chi connectivity index (χ4v) is 4.26. The number of aryl methyl sites for hydroxylation is 2. The normalized spacial score (nSPS) is 19.1. The van der Waals surface area contributed by atoms with Gasteiger partial charge in [-0.15, -0.1) is 0 Å². The van der Waals surface area contributed by atoms with Gasteiger partial charge in [0.05, 0.1) is 18.4 Å². The van der Waals surface area contributed by atoms with Crippen molar-refractivity contribution in [1.82, 2.24) is 18.9 Å². The summed E-state index contributed by atoms with van der Waals surface area (Å²) in [4.78, 5) is 57.1. The Kier molecular flexibility index (Phi) is 6.45. The molecule has 1 N–H and O–H groups in total. The second kappa shape index (κ2) is 9.86. The Morgan fingerprint density at radius 1 is 0.973 bits per heavy atom. The largest absolute Gasteiger partial charge is 0.426 e. The molecule has 37 heavy (non-hydrogen) atoms. The van der Waals surface area contributed by atoms with Crippen molar-refractivity contribution in [3.8, 4) is 11.5 Å². The van der Waals surface area contributed by atoms with Crippen LogP contribution in [0.3, 0.4) is 0 Å². The van der Waals surface area contributed by atoms with Gasteiger partial charge >= 0.3 is 23.3 Å². The van der Waals surface area contributed by atoms with Gasteiger partial charge in [0.1, 0.15) is 17.7 Å². The van der Waals surface area contributed by atoms with Crippen molar-refractivity contribution < 1.29 is 23.8 Å². The Labute approximate surface area is 210 Å². The summed E-state index contributed by atoms with van der Waals surface area (Å²) >= 11 is 0. The molecule has 1 saturated heterocycles. The second-order valence-corrected chi connectivity index (χ2v) is 8.90. The van der Waals surface area contributed by atoms with Crippen LogP contribution in [-0.4, -0.2) is 37.0 Å². The predicted molar refractivity (Wildman–Crippen MR) is 130 cm³/mol. The molecule has 0 unspecified atom stereocenters. The zero-order valence-corrected chi connectivity index (χ0v) is 20.1. The van der Waals surface area contributed by atoms with E-state index in [0.717, 1.165) is 20.1 Å². The Balaban J connectivity index is 1.42. The lowest BCUT2D eigenvalue weighted by Crippen LogP contribution is -2.36. The number of imidazole rings is 1. The number of nitrogens with zero attached hydrogens (tertiary/aromatic N) is 3. The van der Waals surface area contributed by atoms with Gasteiger partial charge in [0.25, 0.3) is 0 Å². The van der Waals surface area contributed by atoms with E-state index in [1.807, 2.05) is 38.1 Å². The van der Waals surface area contributed by atoms with Crippen LogP contribution in [0.2, 0.25) is 0 Å². The maximum absolute atomic E-state index is 13.2. The molecule has 11 heteroatoms. The molecule has 4 aromatic rings. The third-order valence-corrected chi connectivity index (χ3v) is 6.18. The Hall–Kier alpha value is -4.51. The van der Waals surface area contributed by atoms with Crippen LogP contribution in [0.5, 0.6) is 11.5 Å². The van der Waals surface area contributed by atoms with Crippen molar-refractivity contribution in [3.05, 3.63) is 93.0 Å². The highest BCUT2D eigenvalue weighted by atomic mass is 16.6. The molecule has 3 atom stereocenters. The van der Waals surface area contributed by atoms with Crippen LogP contribution >= 0.6 is 0 Å². The van der Waals surface area contributed by atoms with Crippen LogP contribution in [0.4, 0.5) is 0 Å². The van der Waals surface area contributed by atoms with Gasteiger partial charge in [-0.05, 0) is 38.1 Å². The summed E-state index contributed by atoms with van der Waals surface area (Å²) in [5, 5.41) is 0. The number of ether oxygens (including phenoxy) is 3. The lowest BCUT2D eigenvalue weighted by Gasteiger charge is -2.17. The minimum Gasteiger partial charge on any atom is -0.426 e. The van der Waals surface area contributed by atoms with Crippen LogP contribution in [0, 0.1) is 19.8 Å². The number of carbonyl (C=O) groups excluding carboxylic acids is 2.